The second-order valence-corrected chi connectivity index (χ2v) is 7.95. The summed E-state index contributed by atoms with van der Waals surface area (Å²) in [5.74, 6) is 1.53. The Morgan fingerprint density at radius 2 is 1.91 bits per heavy atom. The molecule has 0 saturated carbocycles. The highest BCUT2D eigenvalue weighted by Gasteiger charge is 2.24. The van der Waals surface area contributed by atoms with Gasteiger partial charge in [0.2, 0.25) is 5.91 Å². The van der Waals surface area contributed by atoms with Gasteiger partial charge in [0, 0.05) is 12.5 Å². The first kappa shape index (κ1) is 17.6. The molecule has 1 heterocycles. The van der Waals surface area contributed by atoms with Gasteiger partial charge < -0.3 is 14.8 Å². The number of amides is 1. The van der Waals surface area contributed by atoms with E-state index in [1.165, 1.54) is 0 Å². The molecule has 128 valence electrons. The maximum absolute atomic E-state index is 12.1. The standard InChI is InChI=1S/C16H23NO5S/c1-21-14-5-3-4-12(16(14)22-2)6-7-15(18)17-13-8-10-23(19,20)11-9-13/h3-5,13H,6-11H2,1-2H3,(H,17,18). The summed E-state index contributed by atoms with van der Waals surface area (Å²) in [5, 5.41) is 2.92. The van der Waals surface area contributed by atoms with E-state index in [-0.39, 0.29) is 23.5 Å². The Morgan fingerprint density at radius 3 is 2.52 bits per heavy atom. The van der Waals surface area contributed by atoms with Gasteiger partial charge in [0.1, 0.15) is 9.84 Å². The minimum Gasteiger partial charge on any atom is -0.493 e. The van der Waals surface area contributed by atoms with Crippen LogP contribution in [0, 0.1) is 0 Å². The minimum absolute atomic E-state index is 0.0433. The summed E-state index contributed by atoms with van der Waals surface area (Å²) < 4.78 is 33.4. The molecule has 1 aliphatic heterocycles. The number of sulfone groups is 1. The predicted molar refractivity (Wildman–Crippen MR) is 87.7 cm³/mol. The van der Waals surface area contributed by atoms with Crippen LogP contribution in [-0.2, 0) is 21.1 Å². The summed E-state index contributed by atoms with van der Waals surface area (Å²) in [6, 6.07) is 5.53. The molecule has 0 aliphatic carbocycles. The second kappa shape index (κ2) is 7.68. The van der Waals surface area contributed by atoms with Crippen LogP contribution in [0.25, 0.3) is 0 Å². The van der Waals surface area contributed by atoms with Crippen molar-refractivity contribution in [3.05, 3.63) is 23.8 Å². The molecule has 0 spiro atoms. The number of nitrogens with one attached hydrogen (secondary N) is 1. The summed E-state index contributed by atoms with van der Waals surface area (Å²) in [6.45, 7) is 0. The molecule has 1 N–H and O–H groups in total. The van der Waals surface area contributed by atoms with E-state index in [0.29, 0.717) is 37.2 Å². The van der Waals surface area contributed by atoms with Gasteiger partial charge in [-0.1, -0.05) is 12.1 Å². The number of hydrogen-bond acceptors (Lipinski definition) is 5. The number of rotatable bonds is 6. The van der Waals surface area contributed by atoms with Crippen LogP contribution in [0.5, 0.6) is 11.5 Å². The molecule has 1 aliphatic rings. The molecule has 1 aromatic carbocycles. The number of ether oxygens (including phenoxy) is 2. The Balaban J connectivity index is 1.88. The maximum Gasteiger partial charge on any atom is 0.220 e. The normalized spacial score (nSPS) is 17.5. The monoisotopic (exact) mass is 341 g/mol. The summed E-state index contributed by atoms with van der Waals surface area (Å²) >= 11 is 0. The Kier molecular flexibility index (Phi) is 5.87. The van der Waals surface area contributed by atoms with Crippen LogP contribution in [0.4, 0.5) is 0 Å². The average Bonchev–Trinajstić information content (AvgIpc) is 2.54. The van der Waals surface area contributed by atoms with Crippen LogP contribution in [0.15, 0.2) is 18.2 Å². The lowest BCUT2D eigenvalue weighted by Crippen LogP contribution is -2.40. The van der Waals surface area contributed by atoms with Gasteiger partial charge in [-0.15, -0.1) is 0 Å². The molecule has 1 saturated heterocycles. The van der Waals surface area contributed by atoms with E-state index in [0.717, 1.165) is 5.56 Å². The summed E-state index contributed by atoms with van der Waals surface area (Å²) in [7, 11) is 0.243. The Labute approximate surface area is 137 Å². The Hall–Kier alpha value is -1.76. The molecule has 6 nitrogen and oxygen atoms in total. The van der Waals surface area contributed by atoms with E-state index in [2.05, 4.69) is 5.32 Å². The fourth-order valence-corrected chi connectivity index (χ4v) is 4.22. The molecule has 23 heavy (non-hydrogen) atoms. The lowest BCUT2D eigenvalue weighted by molar-refractivity contribution is -0.121. The zero-order valence-corrected chi connectivity index (χ0v) is 14.3. The quantitative estimate of drug-likeness (QED) is 0.844. The van der Waals surface area contributed by atoms with Gasteiger partial charge in [-0.2, -0.15) is 0 Å². The van der Waals surface area contributed by atoms with Crippen molar-refractivity contribution in [2.24, 2.45) is 0 Å². The van der Waals surface area contributed by atoms with Crippen molar-refractivity contribution in [3.63, 3.8) is 0 Å². The van der Waals surface area contributed by atoms with Crippen LogP contribution in [-0.4, -0.2) is 46.1 Å². The highest BCUT2D eigenvalue weighted by Crippen LogP contribution is 2.31. The number of methoxy groups -OCH3 is 2. The van der Waals surface area contributed by atoms with E-state index in [1.54, 1.807) is 14.2 Å². The van der Waals surface area contributed by atoms with Crippen molar-refractivity contribution in [3.8, 4) is 11.5 Å². The molecule has 1 fully saturated rings. The number of carbonyl (C=O) groups excluding carboxylic acids is 1. The zero-order valence-electron chi connectivity index (χ0n) is 13.5. The lowest BCUT2D eigenvalue weighted by Gasteiger charge is -2.23. The molecule has 2 rings (SSSR count). The summed E-state index contributed by atoms with van der Waals surface area (Å²) in [4.78, 5) is 12.1. The van der Waals surface area contributed by atoms with Crippen LogP contribution in [0.3, 0.4) is 0 Å². The van der Waals surface area contributed by atoms with Gasteiger partial charge in [0.05, 0.1) is 25.7 Å². The molecule has 0 unspecified atom stereocenters. The molecular weight excluding hydrogens is 318 g/mol. The maximum atomic E-state index is 12.1. The first-order chi connectivity index (χ1) is 10.9. The second-order valence-electron chi connectivity index (χ2n) is 5.65. The predicted octanol–water partition coefficient (Wildman–Crippen LogP) is 1.33. The van der Waals surface area contributed by atoms with Gasteiger partial charge in [0.25, 0.3) is 0 Å². The molecule has 1 amide bonds. The van der Waals surface area contributed by atoms with Crippen molar-refractivity contribution in [1.82, 2.24) is 5.32 Å². The SMILES string of the molecule is COc1cccc(CCC(=O)NC2CCS(=O)(=O)CC2)c1OC. The molecule has 0 atom stereocenters. The van der Waals surface area contributed by atoms with Gasteiger partial charge in [-0.05, 0) is 30.9 Å². The van der Waals surface area contributed by atoms with E-state index >= 15 is 0 Å². The Bertz CT molecular complexity index is 642. The molecule has 0 bridgehead atoms. The van der Waals surface area contributed by atoms with E-state index < -0.39 is 9.84 Å². The highest BCUT2D eigenvalue weighted by molar-refractivity contribution is 7.91. The van der Waals surface area contributed by atoms with Crippen LogP contribution < -0.4 is 14.8 Å². The van der Waals surface area contributed by atoms with Crippen molar-refractivity contribution >= 4 is 15.7 Å². The number of benzene rings is 1. The number of hydrogen-bond donors (Lipinski definition) is 1. The van der Waals surface area contributed by atoms with Gasteiger partial charge in [-0.25, -0.2) is 8.42 Å². The van der Waals surface area contributed by atoms with Crippen molar-refractivity contribution in [2.75, 3.05) is 25.7 Å². The van der Waals surface area contributed by atoms with E-state index in [1.807, 2.05) is 18.2 Å². The first-order valence-electron chi connectivity index (χ1n) is 7.65. The highest BCUT2D eigenvalue weighted by atomic mass is 32.2. The number of carbonyl (C=O) groups is 1. The average molecular weight is 341 g/mol. The Morgan fingerprint density at radius 1 is 1.22 bits per heavy atom. The first-order valence-corrected chi connectivity index (χ1v) is 9.47. The van der Waals surface area contributed by atoms with Crippen molar-refractivity contribution < 1.29 is 22.7 Å². The summed E-state index contributed by atoms with van der Waals surface area (Å²) in [5.41, 5.74) is 0.910. The topological polar surface area (TPSA) is 81.7 Å². The fraction of sp³-hybridized carbons (Fsp3) is 0.562. The van der Waals surface area contributed by atoms with E-state index in [4.69, 9.17) is 9.47 Å². The molecule has 7 heteroatoms. The molecule has 1 aromatic rings. The lowest BCUT2D eigenvalue weighted by atomic mass is 10.1. The van der Waals surface area contributed by atoms with Crippen LogP contribution >= 0.6 is 0 Å². The molecular formula is C16H23NO5S. The third-order valence-corrected chi connectivity index (χ3v) is 5.74. The fourth-order valence-electron chi connectivity index (χ4n) is 2.73. The van der Waals surface area contributed by atoms with Crippen molar-refractivity contribution in [2.45, 2.75) is 31.7 Å². The number of aryl methyl sites for hydroxylation is 1. The van der Waals surface area contributed by atoms with Crippen molar-refractivity contribution in [1.29, 1.82) is 0 Å². The van der Waals surface area contributed by atoms with Crippen LogP contribution in [0.2, 0.25) is 0 Å². The van der Waals surface area contributed by atoms with Gasteiger partial charge in [-0.3, -0.25) is 4.79 Å². The van der Waals surface area contributed by atoms with Gasteiger partial charge >= 0.3 is 0 Å². The smallest absolute Gasteiger partial charge is 0.220 e. The zero-order chi connectivity index (χ0) is 16.9. The molecule has 0 aromatic heterocycles. The largest absolute Gasteiger partial charge is 0.493 e. The van der Waals surface area contributed by atoms with E-state index in [9.17, 15) is 13.2 Å². The minimum atomic E-state index is -2.91. The summed E-state index contributed by atoms with van der Waals surface area (Å²) in [6.07, 6.45) is 1.86. The third kappa shape index (κ3) is 4.86. The molecule has 0 radical (unpaired) electrons. The van der Waals surface area contributed by atoms with Crippen LogP contribution in [0.1, 0.15) is 24.8 Å². The third-order valence-electron chi connectivity index (χ3n) is 4.03. The number of para-hydroxylation sites is 1. The van der Waals surface area contributed by atoms with Gasteiger partial charge in [0.15, 0.2) is 11.5 Å².